The summed E-state index contributed by atoms with van der Waals surface area (Å²) in [5, 5.41) is 24.4. The van der Waals surface area contributed by atoms with E-state index in [4.69, 9.17) is 19.5 Å². The largest absolute Gasteiger partial charge is 0.394 e. The van der Waals surface area contributed by atoms with Crippen LogP contribution in [0.15, 0.2) is 60.7 Å². The quantitative estimate of drug-likeness (QED) is 0.0287. The number of aryl methyl sites for hydroxylation is 2. The molecule has 0 saturated carbocycles. The monoisotopic (exact) mass is 982 g/mol. The molecule has 2 unspecified atom stereocenters. The van der Waals surface area contributed by atoms with E-state index in [-0.39, 0.29) is 42.3 Å². The number of benzene rings is 4. The number of carbonyl (C=O) groups is 2. The fraction of sp³-hybridized carbons (Fsp3) is 0.297. The average Bonchev–Trinajstić information content (AvgIpc) is 3.13. The SMILES string of the molecule is CCC(O)CCONC(=O)c1cc(F)c(F)cc1Nc1ccc(I)cc1C.COC(CO)CONC(=O)c1cc(F)c(F)cc1Nc1ccc(I)cc1C. The summed E-state index contributed by atoms with van der Waals surface area (Å²) in [7, 11) is 1.38. The number of hydrogen-bond acceptors (Lipinski definition) is 9. The Morgan fingerprint density at radius 1 is 0.722 bits per heavy atom. The standard InChI is InChI=1S/C19H21F2IN2O3.C18H19F2IN2O4/c1-3-13(25)6-7-27-24-19(26)14-9-15(20)16(21)10-18(14)23-17-5-4-12(22)8-11(17)2;1-10-5-11(21)3-4-16(10)22-17-7-15(20)14(19)6-13(17)18(25)23-27-9-12(8-24)26-2/h4-5,8-10,13,23,25H,3,6-7H2,1-2H3,(H,24,26);3-7,12,22,24H,8-9H2,1-2H3,(H,23,25). The maximum absolute atomic E-state index is 13.7. The first kappa shape index (κ1) is 44.8. The van der Waals surface area contributed by atoms with Gasteiger partial charge in [-0.2, -0.15) is 0 Å². The van der Waals surface area contributed by atoms with Gasteiger partial charge >= 0.3 is 0 Å². The summed E-state index contributed by atoms with van der Waals surface area (Å²) >= 11 is 4.33. The Balaban J connectivity index is 0.000000290. The first-order valence-corrected chi connectivity index (χ1v) is 18.5. The highest BCUT2D eigenvalue weighted by atomic mass is 127. The molecule has 4 aromatic carbocycles. The third kappa shape index (κ3) is 13.6. The summed E-state index contributed by atoms with van der Waals surface area (Å²) in [6.45, 7) is 5.25. The number of rotatable bonds is 16. The van der Waals surface area contributed by atoms with Gasteiger partial charge in [0.05, 0.1) is 41.8 Å². The highest BCUT2D eigenvalue weighted by molar-refractivity contribution is 14.1. The van der Waals surface area contributed by atoms with Gasteiger partial charge in [0, 0.05) is 37.8 Å². The highest BCUT2D eigenvalue weighted by Gasteiger charge is 2.19. The molecule has 11 nitrogen and oxygen atoms in total. The second-order valence-electron chi connectivity index (χ2n) is 11.7. The first-order valence-electron chi connectivity index (χ1n) is 16.4. The number of aliphatic hydroxyl groups excluding tert-OH is 2. The number of amides is 2. The smallest absolute Gasteiger partial charge is 0.277 e. The molecule has 17 heteroatoms. The van der Waals surface area contributed by atoms with Gasteiger partial charge in [0.15, 0.2) is 23.3 Å². The minimum Gasteiger partial charge on any atom is -0.394 e. The zero-order valence-corrected chi connectivity index (χ0v) is 34.0. The van der Waals surface area contributed by atoms with Gasteiger partial charge in [-0.1, -0.05) is 6.92 Å². The van der Waals surface area contributed by atoms with Gasteiger partial charge in [0.1, 0.15) is 12.7 Å². The second kappa shape index (κ2) is 22.1. The number of halogens is 6. The molecule has 0 bridgehead atoms. The van der Waals surface area contributed by atoms with Gasteiger partial charge in [0.2, 0.25) is 0 Å². The van der Waals surface area contributed by atoms with E-state index in [9.17, 15) is 32.3 Å². The van der Waals surface area contributed by atoms with Crippen molar-refractivity contribution in [2.24, 2.45) is 0 Å². The lowest BCUT2D eigenvalue weighted by Crippen LogP contribution is -2.31. The van der Waals surface area contributed by atoms with Gasteiger partial charge in [-0.05, 0) is 132 Å². The van der Waals surface area contributed by atoms with Gasteiger partial charge in [0.25, 0.3) is 11.8 Å². The lowest BCUT2D eigenvalue weighted by Gasteiger charge is -2.16. The van der Waals surface area contributed by atoms with Crippen LogP contribution < -0.4 is 21.6 Å². The number of carbonyl (C=O) groups excluding carboxylic acids is 2. The fourth-order valence-corrected chi connectivity index (χ4v) is 5.82. The number of nitrogens with one attached hydrogen (secondary N) is 4. The number of methoxy groups -OCH3 is 1. The average molecular weight is 983 g/mol. The van der Waals surface area contributed by atoms with Crippen LogP contribution in [-0.2, 0) is 14.4 Å². The van der Waals surface area contributed by atoms with Crippen LogP contribution in [0.25, 0.3) is 0 Å². The molecule has 0 aliphatic heterocycles. The molecule has 6 N–H and O–H groups in total. The van der Waals surface area contributed by atoms with Crippen molar-refractivity contribution in [3.8, 4) is 0 Å². The van der Waals surface area contributed by atoms with Crippen LogP contribution in [-0.4, -0.2) is 61.2 Å². The van der Waals surface area contributed by atoms with Crippen LogP contribution in [0.5, 0.6) is 0 Å². The molecule has 0 aromatic heterocycles. The summed E-state index contributed by atoms with van der Waals surface area (Å²) in [6.07, 6.45) is -0.223. The van der Waals surface area contributed by atoms with Crippen LogP contribution in [0.4, 0.5) is 40.3 Å². The molecule has 4 aromatic rings. The van der Waals surface area contributed by atoms with Crippen molar-refractivity contribution in [1.29, 1.82) is 0 Å². The minimum atomic E-state index is -1.16. The summed E-state index contributed by atoms with van der Waals surface area (Å²) < 4.78 is 61.7. The van der Waals surface area contributed by atoms with Gasteiger partial charge < -0.3 is 25.6 Å². The summed E-state index contributed by atoms with van der Waals surface area (Å²) in [4.78, 5) is 34.7. The predicted molar refractivity (Wildman–Crippen MR) is 213 cm³/mol. The maximum atomic E-state index is 13.7. The van der Waals surface area contributed by atoms with E-state index in [0.29, 0.717) is 24.2 Å². The minimum absolute atomic E-state index is 0.0877. The third-order valence-corrected chi connectivity index (χ3v) is 9.03. The number of aliphatic hydroxyl groups is 2. The lowest BCUT2D eigenvalue weighted by molar-refractivity contribution is -0.0469. The van der Waals surface area contributed by atoms with Crippen molar-refractivity contribution in [1.82, 2.24) is 11.0 Å². The zero-order valence-electron chi connectivity index (χ0n) is 29.7. The molecule has 2 amide bonds. The van der Waals surface area contributed by atoms with Crippen LogP contribution >= 0.6 is 45.2 Å². The van der Waals surface area contributed by atoms with E-state index in [0.717, 1.165) is 42.5 Å². The molecule has 4 rings (SSSR count). The Labute approximate surface area is 337 Å². The molecule has 0 aliphatic carbocycles. The molecular formula is C37H40F4I2N4O7. The molecule has 292 valence electrons. The Morgan fingerprint density at radius 3 is 1.57 bits per heavy atom. The van der Waals surface area contributed by atoms with Crippen LogP contribution in [0.3, 0.4) is 0 Å². The molecule has 0 heterocycles. The molecule has 0 saturated heterocycles. The molecule has 2 atom stereocenters. The fourth-order valence-electron chi connectivity index (χ4n) is 4.52. The van der Waals surface area contributed by atoms with Crippen molar-refractivity contribution in [3.63, 3.8) is 0 Å². The number of ether oxygens (including phenoxy) is 1. The van der Waals surface area contributed by atoms with Gasteiger partial charge in [-0.15, -0.1) is 0 Å². The normalized spacial score (nSPS) is 11.9. The van der Waals surface area contributed by atoms with Gasteiger partial charge in [-0.3, -0.25) is 19.3 Å². The molecule has 0 aliphatic rings. The Kier molecular flexibility index (Phi) is 18.3. The third-order valence-electron chi connectivity index (χ3n) is 7.69. The summed E-state index contributed by atoms with van der Waals surface area (Å²) in [6, 6.07) is 14.6. The molecular weight excluding hydrogens is 942 g/mol. The van der Waals surface area contributed by atoms with E-state index in [1.165, 1.54) is 7.11 Å². The van der Waals surface area contributed by atoms with E-state index in [2.05, 4.69) is 66.8 Å². The van der Waals surface area contributed by atoms with Crippen LogP contribution in [0, 0.1) is 44.3 Å². The van der Waals surface area contributed by atoms with E-state index in [1.54, 1.807) is 12.1 Å². The van der Waals surface area contributed by atoms with Crippen molar-refractivity contribution >= 4 is 79.7 Å². The topological polar surface area (TPSA) is 150 Å². The van der Waals surface area contributed by atoms with E-state index in [1.807, 2.05) is 45.0 Å². The lowest BCUT2D eigenvalue weighted by atomic mass is 10.1. The number of hydroxylamine groups is 2. The Hall–Kier alpha value is -3.60. The Bertz CT molecular complexity index is 1900. The van der Waals surface area contributed by atoms with Crippen LogP contribution in [0.1, 0.15) is 51.6 Å². The first-order chi connectivity index (χ1) is 25.7. The predicted octanol–water partition coefficient (Wildman–Crippen LogP) is 7.73. The molecule has 54 heavy (non-hydrogen) atoms. The molecule has 0 fully saturated rings. The maximum Gasteiger partial charge on any atom is 0.277 e. The molecule has 0 radical (unpaired) electrons. The summed E-state index contributed by atoms with van der Waals surface area (Å²) in [5.74, 6) is -5.93. The highest BCUT2D eigenvalue weighted by Crippen LogP contribution is 2.28. The molecule has 0 spiro atoms. The Morgan fingerprint density at radius 2 is 1.17 bits per heavy atom. The van der Waals surface area contributed by atoms with Crippen molar-refractivity contribution in [2.75, 3.05) is 37.6 Å². The zero-order chi connectivity index (χ0) is 39.9. The van der Waals surface area contributed by atoms with E-state index < -0.39 is 47.3 Å². The number of hydrogen-bond donors (Lipinski definition) is 6. The van der Waals surface area contributed by atoms with E-state index >= 15 is 0 Å². The van der Waals surface area contributed by atoms with Crippen LogP contribution in [0.2, 0.25) is 0 Å². The second-order valence-corrected chi connectivity index (χ2v) is 14.2. The van der Waals surface area contributed by atoms with Gasteiger partial charge in [-0.25, -0.2) is 28.5 Å². The van der Waals surface area contributed by atoms with Crippen molar-refractivity contribution < 1.29 is 51.8 Å². The van der Waals surface area contributed by atoms with Crippen molar-refractivity contribution in [3.05, 3.63) is 113 Å². The summed E-state index contributed by atoms with van der Waals surface area (Å²) in [5.41, 5.74) is 7.39. The van der Waals surface area contributed by atoms with Crippen molar-refractivity contribution in [2.45, 2.75) is 45.8 Å². The number of anilines is 4.